The average Bonchev–Trinajstić information content (AvgIpc) is 2.29. The van der Waals surface area contributed by atoms with Gasteiger partial charge in [0.15, 0.2) is 0 Å². The second-order valence-electron chi connectivity index (χ2n) is 3.85. The molecule has 0 saturated carbocycles. The molecule has 16 heavy (non-hydrogen) atoms. The molecule has 90 valence electrons. The van der Waals surface area contributed by atoms with Crippen molar-refractivity contribution in [2.45, 2.75) is 39.3 Å². The molecular formula is C12H19BrN2O. The minimum absolute atomic E-state index is 0.0505. The van der Waals surface area contributed by atoms with Crippen molar-refractivity contribution < 1.29 is 0 Å². The summed E-state index contributed by atoms with van der Waals surface area (Å²) in [6, 6.07) is 3.91. The van der Waals surface area contributed by atoms with Gasteiger partial charge in [-0.05, 0) is 34.8 Å². The summed E-state index contributed by atoms with van der Waals surface area (Å²) in [4.78, 5) is 11.5. The zero-order valence-corrected chi connectivity index (χ0v) is 11.5. The fourth-order valence-corrected chi connectivity index (χ4v) is 2.02. The van der Waals surface area contributed by atoms with Crippen LogP contribution < -0.4 is 10.9 Å². The van der Waals surface area contributed by atoms with Gasteiger partial charge >= 0.3 is 0 Å². The number of rotatable bonds is 6. The van der Waals surface area contributed by atoms with Crippen LogP contribution in [0.1, 0.15) is 26.7 Å². The molecule has 0 radical (unpaired) electrons. The van der Waals surface area contributed by atoms with E-state index in [1.54, 1.807) is 16.7 Å². The molecule has 1 N–H and O–H groups in total. The minimum Gasteiger partial charge on any atom is -0.313 e. The summed E-state index contributed by atoms with van der Waals surface area (Å²) < 4.78 is 2.66. The van der Waals surface area contributed by atoms with Gasteiger partial charge < -0.3 is 9.88 Å². The van der Waals surface area contributed by atoms with E-state index in [4.69, 9.17) is 0 Å². The summed E-state index contributed by atoms with van der Waals surface area (Å²) >= 11 is 3.36. The predicted molar refractivity (Wildman–Crippen MR) is 70.8 cm³/mol. The molecule has 0 aromatic carbocycles. The highest BCUT2D eigenvalue weighted by molar-refractivity contribution is 9.10. The first-order valence-corrected chi connectivity index (χ1v) is 6.56. The Bertz CT molecular complexity index is 372. The lowest BCUT2D eigenvalue weighted by molar-refractivity contribution is 0.462. The van der Waals surface area contributed by atoms with Crippen molar-refractivity contribution >= 4 is 15.9 Å². The Balaban J connectivity index is 2.48. The standard InChI is InChI=1S/C12H19BrN2O/c1-3-11(4-2)14-7-8-15-9-10(13)5-6-12(15)16/h5-6,9,11,14H,3-4,7-8H2,1-2H3. The molecule has 0 amide bonds. The van der Waals surface area contributed by atoms with E-state index >= 15 is 0 Å². The van der Waals surface area contributed by atoms with Crippen LogP contribution in [-0.2, 0) is 6.54 Å². The normalized spacial score (nSPS) is 11.0. The number of aromatic nitrogens is 1. The van der Waals surface area contributed by atoms with Gasteiger partial charge in [0, 0.05) is 35.9 Å². The third-order valence-electron chi connectivity index (χ3n) is 2.72. The number of nitrogens with one attached hydrogen (secondary N) is 1. The first kappa shape index (κ1) is 13.5. The lowest BCUT2D eigenvalue weighted by atomic mass is 10.2. The topological polar surface area (TPSA) is 34.0 Å². The molecule has 1 aromatic rings. The van der Waals surface area contributed by atoms with Crippen molar-refractivity contribution in [2.24, 2.45) is 0 Å². The lowest BCUT2D eigenvalue weighted by Gasteiger charge is -2.15. The van der Waals surface area contributed by atoms with Gasteiger partial charge in [0.2, 0.25) is 0 Å². The van der Waals surface area contributed by atoms with Gasteiger partial charge in [0.05, 0.1) is 0 Å². The van der Waals surface area contributed by atoms with Crippen molar-refractivity contribution in [2.75, 3.05) is 6.54 Å². The second kappa shape index (κ2) is 6.86. The number of hydrogen-bond donors (Lipinski definition) is 1. The Morgan fingerprint density at radius 3 is 2.69 bits per heavy atom. The van der Waals surface area contributed by atoms with Gasteiger partial charge in [-0.2, -0.15) is 0 Å². The smallest absolute Gasteiger partial charge is 0.250 e. The fraction of sp³-hybridized carbons (Fsp3) is 0.583. The van der Waals surface area contributed by atoms with E-state index in [-0.39, 0.29) is 5.56 Å². The molecule has 1 aromatic heterocycles. The van der Waals surface area contributed by atoms with Crippen LogP contribution in [0.5, 0.6) is 0 Å². The largest absolute Gasteiger partial charge is 0.313 e. The maximum Gasteiger partial charge on any atom is 0.250 e. The van der Waals surface area contributed by atoms with Crippen LogP contribution in [0, 0.1) is 0 Å². The van der Waals surface area contributed by atoms with Crippen molar-refractivity contribution in [3.05, 3.63) is 33.2 Å². The monoisotopic (exact) mass is 286 g/mol. The molecule has 1 heterocycles. The van der Waals surface area contributed by atoms with Crippen LogP contribution in [0.15, 0.2) is 27.6 Å². The number of hydrogen-bond acceptors (Lipinski definition) is 2. The van der Waals surface area contributed by atoms with Crippen LogP contribution >= 0.6 is 15.9 Å². The molecular weight excluding hydrogens is 268 g/mol. The second-order valence-corrected chi connectivity index (χ2v) is 4.76. The highest BCUT2D eigenvalue weighted by Crippen LogP contribution is 2.04. The summed E-state index contributed by atoms with van der Waals surface area (Å²) in [5.74, 6) is 0. The maximum absolute atomic E-state index is 11.5. The van der Waals surface area contributed by atoms with Crippen LogP contribution in [0.3, 0.4) is 0 Å². The van der Waals surface area contributed by atoms with Crippen molar-refractivity contribution in [1.29, 1.82) is 0 Å². The zero-order valence-electron chi connectivity index (χ0n) is 9.87. The number of nitrogens with zero attached hydrogens (tertiary/aromatic N) is 1. The summed E-state index contributed by atoms with van der Waals surface area (Å²) in [5, 5.41) is 3.44. The third-order valence-corrected chi connectivity index (χ3v) is 3.19. The predicted octanol–water partition coefficient (Wildman–Crippen LogP) is 2.39. The highest BCUT2D eigenvalue weighted by atomic mass is 79.9. The molecule has 1 rings (SSSR count). The first-order valence-electron chi connectivity index (χ1n) is 5.76. The lowest BCUT2D eigenvalue weighted by Crippen LogP contribution is -2.32. The Labute approximate surface area is 105 Å². The van der Waals surface area contributed by atoms with E-state index in [2.05, 4.69) is 35.1 Å². The van der Waals surface area contributed by atoms with Gasteiger partial charge in [0.1, 0.15) is 0 Å². The zero-order chi connectivity index (χ0) is 12.0. The van der Waals surface area contributed by atoms with Gasteiger partial charge in [-0.3, -0.25) is 4.79 Å². The van der Waals surface area contributed by atoms with Gasteiger partial charge in [-0.25, -0.2) is 0 Å². The molecule has 4 heteroatoms. The number of halogens is 1. The SMILES string of the molecule is CCC(CC)NCCn1cc(Br)ccc1=O. The highest BCUT2D eigenvalue weighted by Gasteiger charge is 2.02. The molecule has 0 atom stereocenters. The molecule has 0 unspecified atom stereocenters. The van der Waals surface area contributed by atoms with E-state index in [1.807, 2.05) is 6.20 Å². The maximum atomic E-state index is 11.5. The minimum atomic E-state index is 0.0505. The Kier molecular flexibility index (Phi) is 5.77. The molecule has 0 aliphatic rings. The molecule has 0 aliphatic heterocycles. The van der Waals surface area contributed by atoms with Crippen molar-refractivity contribution in [3.8, 4) is 0 Å². The summed E-state index contributed by atoms with van der Waals surface area (Å²) in [6.07, 6.45) is 4.09. The number of pyridine rings is 1. The van der Waals surface area contributed by atoms with Crippen LogP contribution in [-0.4, -0.2) is 17.2 Å². The molecule has 0 saturated heterocycles. The van der Waals surface area contributed by atoms with Gasteiger partial charge in [-0.1, -0.05) is 13.8 Å². The summed E-state index contributed by atoms with van der Waals surface area (Å²) in [6.45, 7) is 5.90. The molecule has 0 aliphatic carbocycles. The van der Waals surface area contributed by atoms with E-state index in [0.29, 0.717) is 6.04 Å². The quantitative estimate of drug-likeness (QED) is 0.871. The fourth-order valence-electron chi connectivity index (χ4n) is 1.64. The van der Waals surface area contributed by atoms with Crippen LogP contribution in [0.2, 0.25) is 0 Å². The summed E-state index contributed by atoms with van der Waals surface area (Å²) in [5.41, 5.74) is 0.0505. The molecule has 0 fully saturated rings. The molecule has 0 bridgehead atoms. The summed E-state index contributed by atoms with van der Waals surface area (Å²) in [7, 11) is 0. The van der Waals surface area contributed by atoms with E-state index < -0.39 is 0 Å². The molecule has 0 spiro atoms. The van der Waals surface area contributed by atoms with Crippen LogP contribution in [0.4, 0.5) is 0 Å². The first-order chi connectivity index (χ1) is 7.67. The Hall–Kier alpha value is -0.610. The van der Waals surface area contributed by atoms with E-state index in [1.165, 1.54) is 0 Å². The van der Waals surface area contributed by atoms with Gasteiger partial charge in [-0.15, -0.1) is 0 Å². The third kappa shape index (κ3) is 4.10. The molecule has 3 nitrogen and oxygen atoms in total. The van der Waals surface area contributed by atoms with Crippen LogP contribution in [0.25, 0.3) is 0 Å². The van der Waals surface area contributed by atoms with Crippen molar-refractivity contribution in [3.63, 3.8) is 0 Å². The Morgan fingerprint density at radius 1 is 1.38 bits per heavy atom. The van der Waals surface area contributed by atoms with Crippen molar-refractivity contribution in [1.82, 2.24) is 9.88 Å². The average molecular weight is 287 g/mol. The van der Waals surface area contributed by atoms with E-state index in [9.17, 15) is 4.79 Å². The Morgan fingerprint density at radius 2 is 2.06 bits per heavy atom. The van der Waals surface area contributed by atoms with Gasteiger partial charge in [0.25, 0.3) is 5.56 Å². The van der Waals surface area contributed by atoms with E-state index in [0.717, 1.165) is 30.4 Å².